The molecule has 0 aliphatic carbocycles. The van der Waals surface area contributed by atoms with Crippen LogP contribution in [0.25, 0.3) is 0 Å². The van der Waals surface area contributed by atoms with E-state index in [9.17, 15) is 4.79 Å². The Morgan fingerprint density at radius 3 is 2.47 bits per heavy atom. The van der Waals surface area contributed by atoms with Crippen LogP contribution in [0.1, 0.15) is 40.0 Å². The van der Waals surface area contributed by atoms with Gasteiger partial charge in [0.25, 0.3) is 0 Å². The van der Waals surface area contributed by atoms with Crippen LogP contribution in [0.3, 0.4) is 0 Å². The van der Waals surface area contributed by atoms with Crippen molar-refractivity contribution in [1.29, 1.82) is 5.26 Å². The standard InChI is InChI=1S/C11H20N2O2/c1-8(11(14)15)5-4-6-9(2)13-10(3)7-12/h8-10,13H,4-6H2,1-3H3,(H,14,15). The number of nitriles is 1. The Morgan fingerprint density at radius 2 is 2.00 bits per heavy atom. The van der Waals surface area contributed by atoms with Crippen molar-refractivity contribution in [3.05, 3.63) is 0 Å². The molecule has 15 heavy (non-hydrogen) atoms. The summed E-state index contributed by atoms with van der Waals surface area (Å²) in [7, 11) is 0. The molecule has 0 aromatic rings. The van der Waals surface area contributed by atoms with Crippen LogP contribution in [-0.2, 0) is 4.79 Å². The minimum absolute atomic E-state index is 0.142. The predicted molar refractivity (Wildman–Crippen MR) is 58.3 cm³/mol. The molecule has 2 N–H and O–H groups in total. The molecule has 86 valence electrons. The third kappa shape index (κ3) is 6.92. The number of nitrogens with zero attached hydrogens (tertiary/aromatic N) is 1. The molecule has 0 rings (SSSR count). The van der Waals surface area contributed by atoms with E-state index in [1.165, 1.54) is 0 Å². The third-order valence-electron chi connectivity index (χ3n) is 2.42. The highest BCUT2D eigenvalue weighted by Crippen LogP contribution is 2.09. The first kappa shape index (κ1) is 13.9. The van der Waals surface area contributed by atoms with Gasteiger partial charge in [0.15, 0.2) is 0 Å². The van der Waals surface area contributed by atoms with E-state index in [0.29, 0.717) is 6.42 Å². The Labute approximate surface area is 91.3 Å². The molecule has 0 heterocycles. The maximum atomic E-state index is 10.5. The zero-order chi connectivity index (χ0) is 11.8. The van der Waals surface area contributed by atoms with E-state index < -0.39 is 5.97 Å². The van der Waals surface area contributed by atoms with Crippen molar-refractivity contribution < 1.29 is 9.90 Å². The lowest BCUT2D eigenvalue weighted by atomic mass is 10.0. The van der Waals surface area contributed by atoms with Crippen LogP contribution in [0.4, 0.5) is 0 Å². The zero-order valence-corrected chi connectivity index (χ0v) is 9.66. The fraction of sp³-hybridized carbons (Fsp3) is 0.818. The summed E-state index contributed by atoms with van der Waals surface area (Å²) in [5, 5.41) is 20.4. The van der Waals surface area contributed by atoms with Gasteiger partial charge in [-0.05, 0) is 26.7 Å². The molecule has 0 saturated carbocycles. The van der Waals surface area contributed by atoms with Gasteiger partial charge in [-0.2, -0.15) is 5.26 Å². The smallest absolute Gasteiger partial charge is 0.306 e. The summed E-state index contributed by atoms with van der Waals surface area (Å²) in [5.74, 6) is -1.01. The zero-order valence-electron chi connectivity index (χ0n) is 9.66. The van der Waals surface area contributed by atoms with Crippen molar-refractivity contribution in [2.24, 2.45) is 5.92 Å². The Morgan fingerprint density at radius 1 is 1.40 bits per heavy atom. The monoisotopic (exact) mass is 212 g/mol. The van der Waals surface area contributed by atoms with Gasteiger partial charge in [0.1, 0.15) is 0 Å². The quantitative estimate of drug-likeness (QED) is 0.674. The van der Waals surface area contributed by atoms with E-state index >= 15 is 0 Å². The van der Waals surface area contributed by atoms with Gasteiger partial charge in [-0.25, -0.2) is 0 Å². The summed E-state index contributed by atoms with van der Waals surface area (Å²) >= 11 is 0. The minimum atomic E-state index is -0.735. The molecule has 0 bridgehead atoms. The Kier molecular flexibility index (Phi) is 6.72. The van der Waals surface area contributed by atoms with Gasteiger partial charge in [0, 0.05) is 6.04 Å². The number of carboxylic acids is 1. The lowest BCUT2D eigenvalue weighted by molar-refractivity contribution is -0.141. The summed E-state index contributed by atoms with van der Waals surface area (Å²) in [5.41, 5.74) is 0. The number of hydrogen-bond donors (Lipinski definition) is 2. The molecular formula is C11H20N2O2. The highest BCUT2D eigenvalue weighted by atomic mass is 16.4. The van der Waals surface area contributed by atoms with Gasteiger partial charge < -0.3 is 5.11 Å². The molecule has 0 aliphatic heterocycles. The van der Waals surface area contributed by atoms with Crippen LogP contribution in [0.15, 0.2) is 0 Å². The summed E-state index contributed by atoms with van der Waals surface area (Å²) < 4.78 is 0. The summed E-state index contributed by atoms with van der Waals surface area (Å²) in [6.07, 6.45) is 2.48. The average molecular weight is 212 g/mol. The van der Waals surface area contributed by atoms with Gasteiger partial charge in [-0.15, -0.1) is 0 Å². The summed E-state index contributed by atoms with van der Waals surface area (Å²) in [6.45, 7) is 5.55. The molecule has 0 aromatic heterocycles. The maximum Gasteiger partial charge on any atom is 0.306 e. The van der Waals surface area contributed by atoms with Crippen LogP contribution in [-0.4, -0.2) is 23.2 Å². The van der Waals surface area contributed by atoms with Crippen molar-refractivity contribution in [2.45, 2.75) is 52.1 Å². The summed E-state index contributed by atoms with van der Waals surface area (Å²) in [4.78, 5) is 10.5. The Hall–Kier alpha value is -1.08. The number of rotatable bonds is 7. The summed E-state index contributed by atoms with van der Waals surface area (Å²) in [6, 6.07) is 2.23. The van der Waals surface area contributed by atoms with Crippen molar-refractivity contribution in [3.63, 3.8) is 0 Å². The van der Waals surface area contributed by atoms with Crippen LogP contribution < -0.4 is 5.32 Å². The van der Waals surface area contributed by atoms with Crippen molar-refractivity contribution in [3.8, 4) is 6.07 Å². The minimum Gasteiger partial charge on any atom is -0.481 e. The SMILES string of the molecule is CC(C#N)NC(C)CCCC(C)C(=O)O. The number of hydrogen-bond acceptors (Lipinski definition) is 3. The van der Waals surface area contributed by atoms with E-state index in [-0.39, 0.29) is 18.0 Å². The number of carbonyl (C=O) groups is 1. The van der Waals surface area contributed by atoms with Crippen molar-refractivity contribution >= 4 is 5.97 Å². The maximum absolute atomic E-state index is 10.5. The van der Waals surface area contributed by atoms with Gasteiger partial charge in [0.2, 0.25) is 0 Å². The normalized spacial score (nSPS) is 16.4. The fourth-order valence-corrected chi connectivity index (χ4v) is 1.40. The lowest BCUT2D eigenvalue weighted by Crippen LogP contribution is -2.33. The van der Waals surface area contributed by atoms with E-state index in [1.54, 1.807) is 6.92 Å². The van der Waals surface area contributed by atoms with Gasteiger partial charge >= 0.3 is 5.97 Å². The van der Waals surface area contributed by atoms with Crippen molar-refractivity contribution in [2.75, 3.05) is 0 Å². The molecule has 0 aliphatic rings. The van der Waals surface area contributed by atoms with Gasteiger partial charge in [-0.3, -0.25) is 10.1 Å². The molecule has 3 unspecified atom stereocenters. The van der Waals surface area contributed by atoms with Gasteiger partial charge in [-0.1, -0.05) is 13.3 Å². The molecular weight excluding hydrogens is 192 g/mol. The average Bonchev–Trinajstić information content (AvgIpc) is 2.17. The largest absolute Gasteiger partial charge is 0.481 e. The second-order valence-corrected chi connectivity index (χ2v) is 4.09. The number of carboxylic acid groups (broad SMARTS) is 1. The molecule has 4 nitrogen and oxygen atoms in total. The second kappa shape index (κ2) is 7.24. The molecule has 0 amide bonds. The number of aliphatic carboxylic acids is 1. The van der Waals surface area contributed by atoms with Crippen LogP contribution in [0.2, 0.25) is 0 Å². The molecule has 3 atom stereocenters. The van der Waals surface area contributed by atoms with Gasteiger partial charge in [0.05, 0.1) is 18.0 Å². The molecule has 0 fully saturated rings. The van der Waals surface area contributed by atoms with Crippen LogP contribution in [0.5, 0.6) is 0 Å². The predicted octanol–water partition coefficient (Wildman–Crippen LogP) is 1.77. The van der Waals surface area contributed by atoms with E-state index in [4.69, 9.17) is 10.4 Å². The Balaban J connectivity index is 3.60. The second-order valence-electron chi connectivity index (χ2n) is 4.09. The molecule has 0 aromatic carbocycles. The van der Waals surface area contributed by atoms with Crippen LogP contribution in [0, 0.1) is 17.2 Å². The fourth-order valence-electron chi connectivity index (χ4n) is 1.40. The first-order valence-corrected chi connectivity index (χ1v) is 5.35. The Bertz CT molecular complexity index is 235. The first-order valence-electron chi connectivity index (χ1n) is 5.35. The third-order valence-corrected chi connectivity index (χ3v) is 2.42. The van der Waals surface area contributed by atoms with E-state index in [1.807, 2.05) is 13.8 Å². The number of nitrogens with one attached hydrogen (secondary N) is 1. The lowest BCUT2D eigenvalue weighted by Gasteiger charge is -2.15. The molecule has 0 saturated heterocycles. The highest BCUT2D eigenvalue weighted by Gasteiger charge is 2.11. The first-order chi connectivity index (χ1) is 6.97. The van der Waals surface area contributed by atoms with E-state index in [0.717, 1.165) is 12.8 Å². The molecule has 0 spiro atoms. The molecule has 0 radical (unpaired) electrons. The molecule has 4 heteroatoms. The van der Waals surface area contributed by atoms with Crippen molar-refractivity contribution in [1.82, 2.24) is 5.32 Å². The van der Waals surface area contributed by atoms with E-state index in [2.05, 4.69) is 11.4 Å². The topological polar surface area (TPSA) is 73.1 Å². The van der Waals surface area contributed by atoms with Crippen LogP contribution >= 0.6 is 0 Å². The highest BCUT2D eigenvalue weighted by molar-refractivity contribution is 5.69.